The molecule has 0 amide bonds. The quantitative estimate of drug-likeness (QED) is 0.153. The Morgan fingerprint density at radius 1 is 0.468 bits per heavy atom. The van der Waals surface area contributed by atoms with Crippen LogP contribution in [0, 0.1) is 6.92 Å². The van der Waals surface area contributed by atoms with E-state index in [0.29, 0.717) is 17.8 Å². The molecule has 10 aromatic rings. The second-order valence-electron chi connectivity index (χ2n) is 26.3. The number of rotatable bonds is 6. The Morgan fingerprint density at radius 2 is 1.03 bits per heavy atom. The molecule has 79 heavy (non-hydrogen) atoms. The van der Waals surface area contributed by atoms with Crippen LogP contribution >= 0.6 is 11.3 Å². The van der Waals surface area contributed by atoms with Gasteiger partial charge in [0.2, 0.25) is 0 Å². The molecule has 0 saturated carbocycles. The molecule has 2 aliphatic heterocycles. The van der Waals surface area contributed by atoms with Crippen LogP contribution in [0.4, 0.5) is 34.1 Å². The minimum Gasteiger partial charge on any atom is -0.311 e. The van der Waals surface area contributed by atoms with Gasteiger partial charge in [-0.25, -0.2) is 0 Å². The first-order valence-corrected chi connectivity index (χ1v) is 29.8. The Labute approximate surface area is 473 Å². The third-order valence-electron chi connectivity index (χ3n) is 18.4. The van der Waals surface area contributed by atoms with E-state index in [0.717, 1.165) is 0 Å². The molecular weight excluding hydrogens is 972 g/mol. The van der Waals surface area contributed by atoms with Gasteiger partial charge in [-0.05, 0) is 190 Å². The molecule has 0 atom stereocenters. The van der Waals surface area contributed by atoms with Gasteiger partial charge in [0.25, 0.3) is 6.71 Å². The molecule has 0 N–H and O–H groups in total. The summed E-state index contributed by atoms with van der Waals surface area (Å²) in [7, 11) is 0. The van der Waals surface area contributed by atoms with E-state index in [-0.39, 0.29) is 17.5 Å². The summed E-state index contributed by atoms with van der Waals surface area (Å²) in [6.07, 6.45) is 0. The second kappa shape index (κ2) is 17.6. The smallest absolute Gasteiger partial charge is 0.264 e. The molecule has 3 heterocycles. The number of nitrogens with zero attached hydrogens (tertiary/aromatic N) is 2. The fourth-order valence-corrected chi connectivity index (χ4v) is 15.8. The Kier molecular flexibility index (Phi) is 11.1. The van der Waals surface area contributed by atoms with Crippen molar-refractivity contribution < 1.29 is 0 Å². The first-order chi connectivity index (χ1) is 37.8. The summed E-state index contributed by atoms with van der Waals surface area (Å²) in [6.45, 7) is 30.3. The summed E-state index contributed by atoms with van der Waals surface area (Å²) in [5.74, 6) is 1.17. The van der Waals surface area contributed by atoms with Gasteiger partial charge in [0.05, 0.1) is 11.1 Å². The van der Waals surface area contributed by atoms with E-state index >= 15 is 0 Å². The molecule has 4 aliphatic rings. The van der Waals surface area contributed by atoms with E-state index < -0.39 is 5.41 Å². The lowest BCUT2D eigenvalue weighted by Crippen LogP contribution is -2.60. The van der Waals surface area contributed by atoms with Crippen molar-refractivity contribution >= 4 is 78.0 Å². The van der Waals surface area contributed by atoms with Crippen LogP contribution in [0.3, 0.4) is 0 Å². The fourth-order valence-electron chi connectivity index (χ4n) is 14.4. The normalized spacial score (nSPS) is 14.5. The van der Waals surface area contributed by atoms with Gasteiger partial charge >= 0.3 is 0 Å². The van der Waals surface area contributed by atoms with Crippen molar-refractivity contribution in [3.05, 3.63) is 232 Å². The van der Waals surface area contributed by atoms with E-state index in [2.05, 4.69) is 276 Å². The van der Waals surface area contributed by atoms with Gasteiger partial charge < -0.3 is 9.80 Å². The third-order valence-corrected chi connectivity index (χ3v) is 19.6. The number of aryl methyl sites for hydroxylation is 1. The molecule has 390 valence electrons. The van der Waals surface area contributed by atoms with Gasteiger partial charge in [0, 0.05) is 43.3 Å². The Balaban J connectivity index is 1.09. The first-order valence-electron chi connectivity index (χ1n) is 29.0. The SMILES string of the molecule is Cc1cc2c3c(c1)N(c1ccc(C(C)C)cc1)c1c(sc4cc5c(cc14)-c1ccc(C(C)(C)C)cc1C51c4ccccc4-c4ccccc41)B3c1ccc(-c3c(C(C)C)cccc3C(C)C)cc1N2c1ccc(C(C)(C)C)cc1. The molecule has 9 aromatic carbocycles. The molecule has 0 radical (unpaired) electrons. The summed E-state index contributed by atoms with van der Waals surface area (Å²) in [5, 5.41) is 1.31. The standard InChI is InChI=1S/C75H71BN2S/c1-43(2)47-25-31-52(32-26-47)78-67-38-46(7)37-66-70(67)76(64-36-27-48(69-53(44(3)4)21-18-22-54(69)45(5)6)39-65(64)77(66)51-33-28-49(29-34-51)73(8,9)10)72-71(78)59-41-58-57-35-30-50(74(11,12)13)40-62(57)75(63(58)42-68(59)79-72)60-23-16-14-19-55(60)56-20-15-17-24-61(56)75/h14-45H,1-13H3. The molecule has 1 spiro atoms. The van der Waals surface area contributed by atoms with Gasteiger partial charge in [-0.3, -0.25) is 0 Å². The lowest BCUT2D eigenvalue weighted by atomic mass is 9.36. The molecule has 0 saturated heterocycles. The molecule has 2 nitrogen and oxygen atoms in total. The number of anilines is 6. The van der Waals surface area contributed by atoms with Gasteiger partial charge in [0.15, 0.2) is 0 Å². The highest BCUT2D eigenvalue weighted by atomic mass is 32.1. The second-order valence-corrected chi connectivity index (χ2v) is 27.4. The zero-order valence-electron chi connectivity index (χ0n) is 48.4. The Hall–Kier alpha value is -7.40. The Morgan fingerprint density at radius 3 is 1.63 bits per heavy atom. The van der Waals surface area contributed by atoms with Gasteiger partial charge in [-0.2, -0.15) is 0 Å². The minimum absolute atomic E-state index is 0.0124. The van der Waals surface area contributed by atoms with Crippen LogP contribution < -0.4 is 25.5 Å². The van der Waals surface area contributed by atoms with Crippen molar-refractivity contribution in [1.29, 1.82) is 0 Å². The highest BCUT2D eigenvalue weighted by Crippen LogP contribution is 2.64. The highest BCUT2D eigenvalue weighted by Gasteiger charge is 2.53. The van der Waals surface area contributed by atoms with Crippen LogP contribution in [0.15, 0.2) is 176 Å². The maximum Gasteiger partial charge on any atom is 0.264 e. The lowest BCUT2D eigenvalue weighted by molar-refractivity contribution is 0.588. The van der Waals surface area contributed by atoms with Crippen molar-refractivity contribution in [3.63, 3.8) is 0 Å². The average Bonchev–Trinajstić information content (AvgIpc) is 2.35. The van der Waals surface area contributed by atoms with Crippen LogP contribution in [-0.2, 0) is 16.2 Å². The predicted octanol–water partition coefficient (Wildman–Crippen LogP) is 19.3. The highest BCUT2D eigenvalue weighted by molar-refractivity contribution is 7.33. The van der Waals surface area contributed by atoms with E-state index in [4.69, 9.17) is 0 Å². The minimum atomic E-state index is -0.463. The monoisotopic (exact) mass is 1040 g/mol. The van der Waals surface area contributed by atoms with Crippen molar-refractivity contribution in [2.45, 2.75) is 124 Å². The van der Waals surface area contributed by atoms with Crippen molar-refractivity contribution in [1.82, 2.24) is 0 Å². The maximum absolute atomic E-state index is 2.66. The zero-order valence-corrected chi connectivity index (χ0v) is 49.2. The molecule has 0 unspecified atom stereocenters. The van der Waals surface area contributed by atoms with Crippen molar-refractivity contribution in [2.75, 3.05) is 9.80 Å². The summed E-state index contributed by atoms with van der Waals surface area (Å²) in [4.78, 5) is 5.28. The van der Waals surface area contributed by atoms with E-state index in [1.807, 2.05) is 11.3 Å². The summed E-state index contributed by atoms with van der Waals surface area (Å²) >= 11 is 2.02. The zero-order chi connectivity index (χ0) is 54.8. The van der Waals surface area contributed by atoms with Gasteiger partial charge in [-0.1, -0.05) is 204 Å². The van der Waals surface area contributed by atoms with E-state index in [9.17, 15) is 0 Å². The molecular formula is C75H71BN2S. The van der Waals surface area contributed by atoms with E-state index in [1.54, 1.807) is 0 Å². The fraction of sp³-hybridized carbons (Fsp3) is 0.253. The summed E-state index contributed by atoms with van der Waals surface area (Å²) in [5.41, 5.74) is 31.4. The number of hydrogen-bond acceptors (Lipinski definition) is 3. The van der Waals surface area contributed by atoms with Crippen LogP contribution in [0.25, 0.3) is 43.5 Å². The Bertz CT molecular complexity index is 4080. The maximum atomic E-state index is 2.66. The number of hydrogen-bond donors (Lipinski definition) is 0. The molecule has 14 rings (SSSR count). The third kappa shape index (κ3) is 7.22. The lowest BCUT2D eigenvalue weighted by Gasteiger charge is -2.43. The summed E-state index contributed by atoms with van der Waals surface area (Å²) < 4.78 is 2.73. The predicted molar refractivity (Wildman–Crippen MR) is 342 cm³/mol. The largest absolute Gasteiger partial charge is 0.311 e. The number of fused-ring (bicyclic) bond motifs is 16. The molecule has 2 aliphatic carbocycles. The van der Waals surface area contributed by atoms with Crippen LogP contribution in [0.5, 0.6) is 0 Å². The van der Waals surface area contributed by atoms with E-state index in [1.165, 1.54) is 149 Å². The summed E-state index contributed by atoms with van der Waals surface area (Å²) in [6, 6.07) is 69.7. The molecule has 4 heteroatoms. The van der Waals surface area contributed by atoms with Crippen LogP contribution in [0.1, 0.15) is 156 Å². The van der Waals surface area contributed by atoms with Gasteiger partial charge in [-0.15, -0.1) is 11.3 Å². The number of benzene rings is 9. The van der Waals surface area contributed by atoms with Crippen molar-refractivity contribution in [2.24, 2.45) is 0 Å². The average molecular weight is 1040 g/mol. The number of thiophene rings is 1. The van der Waals surface area contributed by atoms with Crippen LogP contribution in [-0.4, -0.2) is 6.71 Å². The molecule has 1 aromatic heterocycles. The first kappa shape index (κ1) is 49.9. The van der Waals surface area contributed by atoms with Crippen LogP contribution in [0.2, 0.25) is 0 Å². The topological polar surface area (TPSA) is 6.48 Å². The molecule has 0 bridgehead atoms. The van der Waals surface area contributed by atoms with Gasteiger partial charge in [0.1, 0.15) is 0 Å². The molecule has 0 fully saturated rings. The van der Waals surface area contributed by atoms with Crippen molar-refractivity contribution in [3.8, 4) is 33.4 Å².